The molecule has 1 aliphatic rings. The fourth-order valence-electron chi connectivity index (χ4n) is 1.69. The number of hydrogen-bond acceptors (Lipinski definition) is 3. The molecule has 1 atom stereocenters. The van der Waals surface area contributed by atoms with Gasteiger partial charge in [-0.05, 0) is 50.5 Å². The zero-order valence-corrected chi connectivity index (χ0v) is 12.1. The van der Waals surface area contributed by atoms with Gasteiger partial charge in [0.1, 0.15) is 5.82 Å². The van der Waals surface area contributed by atoms with E-state index in [0.717, 1.165) is 18.9 Å². The number of halogens is 1. The molecule has 0 aromatic heterocycles. The van der Waals surface area contributed by atoms with Gasteiger partial charge in [0.05, 0.1) is 10.9 Å². The first-order chi connectivity index (χ1) is 9.29. The number of nitrogens with one attached hydrogen (secondary N) is 2. The summed E-state index contributed by atoms with van der Waals surface area (Å²) in [6.07, 6.45) is 1.87. The third kappa shape index (κ3) is 3.55. The summed E-state index contributed by atoms with van der Waals surface area (Å²) in [5, 5.41) is 2.72. The normalized spacial score (nSPS) is 16.8. The number of rotatable bonds is 5. The van der Waals surface area contributed by atoms with E-state index in [9.17, 15) is 17.6 Å². The molecule has 0 saturated heterocycles. The standard InChI is InChI=1S/C13H17FN2O3S/c1-8-7-11(5-6-12(8)14)20(18,19)16-9(2)13(17)15-10-3-4-10/h5-7,9-10,16H,3-4H2,1-2H3,(H,15,17). The Morgan fingerprint density at radius 2 is 2.05 bits per heavy atom. The van der Waals surface area contributed by atoms with Crippen molar-refractivity contribution in [3.8, 4) is 0 Å². The Hall–Kier alpha value is -1.47. The molecule has 7 heteroatoms. The topological polar surface area (TPSA) is 75.3 Å². The van der Waals surface area contributed by atoms with Crippen LogP contribution in [-0.2, 0) is 14.8 Å². The monoisotopic (exact) mass is 300 g/mol. The second-order valence-corrected chi connectivity index (χ2v) is 6.75. The maximum absolute atomic E-state index is 13.1. The molecule has 110 valence electrons. The summed E-state index contributed by atoms with van der Waals surface area (Å²) >= 11 is 0. The van der Waals surface area contributed by atoms with Gasteiger partial charge in [-0.15, -0.1) is 0 Å². The molecule has 0 heterocycles. The van der Waals surface area contributed by atoms with Gasteiger partial charge in [-0.25, -0.2) is 12.8 Å². The summed E-state index contributed by atoms with van der Waals surface area (Å²) in [6.45, 7) is 2.96. The van der Waals surface area contributed by atoms with E-state index < -0.39 is 21.9 Å². The molecule has 0 aliphatic heterocycles. The fraction of sp³-hybridized carbons (Fsp3) is 0.462. The van der Waals surface area contributed by atoms with Gasteiger partial charge in [-0.2, -0.15) is 4.72 Å². The van der Waals surface area contributed by atoms with Crippen molar-refractivity contribution in [2.24, 2.45) is 0 Å². The molecule has 0 spiro atoms. The van der Waals surface area contributed by atoms with Crippen molar-refractivity contribution in [3.63, 3.8) is 0 Å². The number of aryl methyl sites for hydroxylation is 1. The molecule has 1 aliphatic carbocycles. The van der Waals surface area contributed by atoms with Crippen LogP contribution in [0.3, 0.4) is 0 Å². The van der Waals surface area contributed by atoms with Crippen LogP contribution in [0, 0.1) is 12.7 Å². The second kappa shape index (κ2) is 5.49. The zero-order valence-electron chi connectivity index (χ0n) is 11.3. The van der Waals surface area contributed by atoms with E-state index in [1.807, 2.05) is 0 Å². The predicted molar refractivity (Wildman–Crippen MR) is 72.1 cm³/mol. The van der Waals surface area contributed by atoms with Gasteiger partial charge in [-0.3, -0.25) is 4.79 Å². The molecule has 5 nitrogen and oxygen atoms in total. The van der Waals surface area contributed by atoms with Gasteiger partial charge in [0.2, 0.25) is 15.9 Å². The highest BCUT2D eigenvalue weighted by molar-refractivity contribution is 7.89. The molecule has 20 heavy (non-hydrogen) atoms. The first-order valence-corrected chi connectivity index (χ1v) is 7.87. The Morgan fingerprint density at radius 3 is 2.60 bits per heavy atom. The highest BCUT2D eigenvalue weighted by atomic mass is 32.2. The molecule has 2 rings (SSSR count). The van der Waals surface area contributed by atoms with Crippen molar-refractivity contribution in [1.29, 1.82) is 0 Å². The number of carbonyl (C=O) groups is 1. The summed E-state index contributed by atoms with van der Waals surface area (Å²) in [5.41, 5.74) is 0.239. The smallest absolute Gasteiger partial charge is 0.241 e. The van der Waals surface area contributed by atoms with Crippen molar-refractivity contribution in [3.05, 3.63) is 29.6 Å². The molecule has 1 fully saturated rings. The molecular weight excluding hydrogens is 283 g/mol. The third-order valence-corrected chi connectivity index (χ3v) is 4.63. The molecule has 1 amide bonds. The van der Waals surface area contributed by atoms with Crippen LogP contribution in [0.25, 0.3) is 0 Å². The lowest BCUT2D eigenvalue weighted by Crippen LogP contribution is -2.45. The van der Waals surface area contributed by atoms with Crippen LogP contribution in [0.2, 0.25) is 0 Å². The van der Waals surface area contributed by atoms with Crippen molar-refractivity contribution in [2.75, 3.05) is 0 Å². The average Bonchev–Trinajstić information content (AvgIpc) is 3.15. The van der Waals surface area contributed by atoms with Gasteiger partial charge in [0, 0.05) is 6.04 Å². The minimum atomic E-state index is -3.84. The van der Waals surface area contributed by atoms with E-state index in [1.165, 1.54) is 26.0 Å². The summed E-state index contributed by atoms with van der Waals surface area (Å²) < 4.78 is 39.6. The van der Waals surface area contributed by atoms with Crippen LogP contribution in [-0.4, -0.2) is 26.4 Å². The van der Waals surface area contributed by atoms with E-state index >= 15 is 0 Å². The second-order valence-electron chi connectivity index (χ2n) is 5.04. The maximum Gasteiger partial charge on any atom is 0.241 e. The number of carbonyl (C=O) groups excluding carboxylic acids is 1. The lowest BCUT2D eigenvalue weighted by Gasteiger charge is -2.14. The van der Waals surface area contributed by atoms with Gasteiger partial charge < -0.3 is 5.32 Å². The summed E-state index contributed by atoms with van der Waals surface area (Å²) in [4.78, 5) is 11.7. The van der Waals surface area contributed by atoms with Crippen molar-refractivity contribution in [2.45, 2.75) is 43.7 Å². The summed E-state index contributed by atoms with van der Waals surface area (Å²) in [6, 6.07) is 2.81. The van der Waals surface area contributed by atoms with Gasteiger partial charge in [-0.1, -0.05) is 0 Å². The molecule has 1 unspecified atom stereocenters. The zero-order chi connectivity index (χ0) is 14.9. The summed E-state index contributed by atoms with van der Waals surface area (Å²) in [7, 11) is -3.84. The van der Waals surface area contributed by atoms with Crippen LogP contribution in [0.15, 0.2) is 23.1 Å². The Bertz CT molecular complexity index is 627. The minimum absolute atomic E-state index is 0.0533. The highest BCUT2D eigenvalue weighted by Crippen LogP contribution is 2.19. The van der Waals surface area contributed by atoms with Gasteiger partial charge >= 0.3 is 0 Å². The van der Waals surface area contributed by atoms with Crippen LogP contribution in [0.1, 0.15) is 25.3 Å². The molecule has 0 radical (unpaired) electrons. The third-order valence-electron chi connectivity index (χ3n) is 3.09. The number of amides is 1. The van der Waals surface area contributed by atoms with Crippen LogP contribution in [0.4, 0.5) is 4.39 Å². The SMILES string of the molecule is Cc1cc(S(=O)(=O)NC(C)C(=O)NC2CC2)ccc1F. The van der Waals surface area contributed by atoms with Gasteiger partial charge in [0.25, 0.3) is 0 Å². The molecular formula is C13H17FN2O3S. The predicted octanol–water partition coefficient (Wildman–Crippen LogP) is 1.08. The fourth-order valence-corrected chi connectivity index (χ4v) is 2.98. The van der Waals surface area contributed by atoms with E-state index in [-0.39, 0.29) is 22.4 Å². The Morgan fingerprint density at radius 1 is 1.40 bits per heavy atom. The molecule has 1 aromatic rings. The Labute approximate surface area is 117 Å². The number of sulfonamides is 1. The van der Waals surface area contributed by atoms with Crippen LogP contribution < -0.4 is 10.0 Å². The summed E-state index contributed by atoms with van der Waals surface area (Å²) in [5.74, 6) is -0.821. The molecule has 0 bridgehead atoms. The van der Waals surface area contributed by atoms with E-state index in [4.69, 9.17) is 0 Å². The van der Waals surface area contributed by atoms with E-state index in [1.54, 1.807) is 0 Å². The molecule has 2 N–H and O–H groups in total. The highest BCUT2D eigenvalue weighted by Gasteiger charge is 2.28. The van der Waals surface area contributed by atoms with Crippen molar-refractivity contribution >= 4 is 15.9 Å². The quantitative estimate of drug-likeness (QED) is 0.854. The number of benzene rings is 1. The first-order valence-electron chi connectivity index (χ1n) is 6.38. The van der Waals surface area contributed by atoms with Crippen molar-refractivity contribution < 1.29 is 17.6 Å². The van der Waals surface area contributed by atoms with Crippen LogP contribution >= 0.6 is 0 Å². The molecule has 1 aromatic carbocycles. The number of hydrogen-bond donors (Lipinski definition) is 2. The largest absolute Gasteiger partial charge is 0.352 e. The van der Waals surface area contributed by atoms with Crippen LogP contribution in [0.5, 0.6) is 0 Å². The van der Waals surface area contributed by atoms with Gasteiger partial charge in [0.15, 0.2) is 0 Å². The first kappa shape index (κ1) is 14.9. The molecule has 1 saturated carbocycles. The lowest BCUT2D eigenvalue weighted by molar-refractivity contribution is -0.122. The Kier molecular flexibility index (Phi) is 4.10. The van der Waals surface area contributed by atoms with E-state index in [0.29, 0.717) is 0 Å². The average molecular weight is 300 g/mol. The lowest BCUT2D eigenvalue weighted by atomic mass is 10.2. The van der Waals surface area contributed by atoms with Crippen molar-refractivity contribution in [1.82, 2.24) is 10.0 Å². The van der Waals surface area contributed by atoms with E-state index in [2.05, 4.69) is 10.0 Å². The Balaban J connectivity index is 2.09. The minimum Gasteiger partial charge on any atom is -0.352 e. The maximum atomic E-state index is 13.1.